The first-order chi connectivity index (χ1) is 9.99. The molecule has 0 aliphatic heterocycles. The number of nitrogen functional groups attached to an aromatic ring is 1. The van der Waals surface area contributed by atoms with Gasteiger partial charge in [-0.25, -0.2) is 4.39 Å². The molecule has 0 aromatic heterocycles. The van der Waals surface area contributed by atoms with Crippen LogP contribution in [-0.4, -0.2) is 17.9 Å². The average molecular weight is 286 g/mol. The predicted molar refractivity (Wildman–Crippen MR) is 82.1 cm³/mol. The number of rotatable bonds is 4. The van der Waals surface area contributed by atoms with Crippen molar-refractivity contribution in [2.24, 2.45) is 0 Å². The van der Waals surface area contributed by atoms with Gasteiger partial charge in [0.2, 0.25) is 5.91 Å². The Morgan fingerprint density at radius 3 is 2.62 bits per heavy atom. The topological polar surface area (TPSA) is 46.3 Å². The van der Waals surface area contributed by atoms with Gasteiger partial charge in [-0.2, -0.15) is 0 Å². The highest BCUT2D eigenvalue weighted by Gasteiger charge is 2.18. The fourth-order valence-corrected chi connectivity index (χ4v) is 2.19. The van der Waals surface area contributed by atoms with Crippen LogP contribution in [0.2, 0.25) is 0 Å². The van der Waals surface area contributed by atoms with Crippen LogP contribution in [0.4, 0.5) is 10.1 Å². The van der Waals surface area contributed by atoms with Crippen molar-refractivity contribution in [2.75, 3.05) is 12.8 Å². The third-order valence-electron chi connectivity index (χ3n) is 3.67. The molecule has 1 atom stereocenters. The van der Waals surface area contributed by atoms with Gasteiger partial charge in [0.15, 0.2) is 0 Å². The molecule has 0 fully saturated rings. The van der Waals surface area contributed by atoms with Crippen molar-refractivity contribution in [1.29, 1.82) is 0 Å². The quantitative estimate of drug-likeness (QED) is 0.877. The van der Waals surface area contributed by atoms with Gasteiger partial charge in [-0.3, -0.25) is 4.79 Å². The molecule has 0 radical (unpaired) electrons. The van der Waals surface area contributed by atoms with Crippen molar-refractivity contribution in [1.82, 2.24) is 4.90 Å². The lowest BCUT2D eigenvalue weighted by Gasteiger charge is -2.25. The highest BCUT2D eigenvalue weighted by atomic mass is 19.1. The minimum absolute atomic E-state index is 0.0514. The van der Waals surface area contributed by atoms with E-state index in [1.807, 2.05) is 25.1 Å². The van der Waals surface area contributed by atoms with Gasteiger partial charge in [0.1, 0.15) is 5.82 Å². The Labute approximate surface area is 124 Å². The average Bonchev–Trinajstić information content (AvgIpc) is 2.48. The number of halogens is 1. The van der Waals surface area contributed by atoms with E-state index >= 15 is 0 Å². The summed E-state index contributed by atoms with van der Waals surface area (Å²) in [6.07, 6.45) is 0.0514. The summed E-state index contributed by atoms with van der Waals surface area (Å²) in [7, 11) is 1.72. The summed E-state index contributed by atoms with van der Waals surface area (Å²) in [5, 5.41) is 0. The van der Waals surface area contributed by atoms with Gasteiger partial charge in [0.25, 0.3) is 0 Å². The number of nitrogens with two attached hydrogens (primary N) is 1. The fourth-order valence-electron chi connectivity index (χ4n) is 2.19. The summed E-state index contributed by atoms with van der Waals surface area (Å²) >= 11 is 0. The second-order valence-corrected chi connectivity index (χ2v) is 5.12. The van der Waals surface area contributed by atoms with Gasteiger partial charge in [-0.15, -0.1) is 0 Å². The van der Waals surface area contributed by atoms with E-state index in [0.29, 0.717) is 11.3 Å². The van der Waals surface area contributed by atoms with Crippen molar-refractivity contribution in [3.8, 4) is 0 Å². The van der Waals surface area contributed by atoms with Gasteiger partial charge in [-0.1, -0.05) is 30.3 Å². The SMILES string of the molecule is CC(c1cccc(N)c1)N(C)C(=O)Cc1ccccc1F. The zero-order valence-corrected chi connectivity index (χ0v) is 12.2. The molecule has 2 aromatic carbocycles. The molecule has 1 unspecified atom stereocenters. The summed E-state index contributed by atoms with van der Waals surface area (Å²) < 4.78 is 13.6. The molecule has 0 aliphatic rings. The van der Waals surface area contributed by atoms with E-state index < -0.39 is 0 Å². The first kappa shape index (κ1) is 15.0. The molecule has 0 aliphatic carbocycles. The maximum Gasteiger partial charge on any atom is 0.227 e. The first-order valence-corrected chi connectivity index (χ1v) is 6.83. The van der Waals surface area contributed by atoms with E-state index in [-0.39, 0.29) is 24.2 Å². The third kappa shape index (κ3) is 3.60. The highest BCUT2D eigenvalue weighted by Crippen LogP contribution is 2.21. The summed E-state index contributed by atoms with van der Waals surface area (Å²) in [4.78, 5) is 13.9. The largest absolute Gasteiger partial charge is 0.399 e. The minimum atomic E-state index is -0.351. The van der Waals surface area contributed by atoms with Crippen LogP contribution in [0.25, 0.3) is 0 Å². The van der Waals surface area contributed by atoms with Crippen LogP contribution in [0.1, 0.15) is 24.1 Å². The molecule has 2 rings (SSSR count). The first-order valence-electron chi connectivity index (χ1n) is 6.83. The van der Waals surface area contributed by atoms with Crippen LogP contribution in [0, 0.1) is 5.82 Å². The van der Waals surface area contributed by atoms with Crippen LogP contribution in [0.3, 0.4) is 0 Å². The van der Waals surface area contributed by atoms with Crippen LogP contribution in [0.15, 0.2) is 48.5 Å². The van der Waals surface area contributed by atoms with Crippen LogP contribution < -0.4 is 5.73 Å². The maximum atomic E-state index is 13.6. The molecule has 3 nitrogen and oxygen atoms in total. The summed E-state index contributed by atoms with van der Waals surface area (Å²) in [5.41, 5.74) is 7.79. The van der Waals surface area contributed by atoms with E-state index in [0.717, 1.165) is 5.56 Å². The van der Waals surface area contributed by atoms with Gasteiger partial charge in [0, 0.05) is 12.7 Å². The minimum Gasteiger partial charge on any atom is -0.399 e. The third-order valence-corrected chi connectivity index (χ3v) is 3.67. The van der Waals surface area contributed by atoms with E-state index in [9.17, 15) is 9.18 Å². The smallest absolute Gasteiger partial charge is 0.227 e. The van der Waals surface area contributed by atoms with E-state index in [2.05, 4.69) is 0 Å². The zero-order valence-electron chi connectivity index (χ0n) is 12.2. The Hall–Kier alpha value is -2.36. The molecule has 1 amide bonds. The molecule has 0 saturated carbocycles. The van der Waals surface area contributed by atoms with Gasteiger partial charge in [-0.05, 0) is 36.2 Å². The Morgan fingerprint density at radius 1 is 1.24 bits per heavy atom. The van der Waals surface area contributed by atoms with E-state index in [4.69, 9.17) is 5.73 Å². The molecule has 110 valence electrons. The summed E-state index contributed by atoms with van der Waals surface area (Å²) in [5.74, 6) is -0.481. The maximum absolute atomic E-state index is 13.6. The molecule has 0 spiro atoms. The van der Waals surface area contributed by atoms with Crippen molar-refractivity contribution in [3.63, 3.8) is 0 Å². The number of hydrogen-bond donors (Lipinski definition) is 1. The molecule has 0 bridgehead atoms. The number of hydrogen-bond acceptors (Lipinski definition) is 2. The molecule has 0 saturated heterocycles. The normalized spacial score (nSPS) is 12.0. The second kappa shape index (κ2) is 6.39. The van der Waals surface area contributed by atoms with Crippen molar-refractivity contribution >= 4 is 11.6 Å². The predicted octanol–water partition coefficient (Wildman–Crippen LogP) is 3.17. The Morgan fingerprint density at radius 2 is 1.95 bits per heavy atom. The molecule has 4 heteroatoms. The van der Waals surface area contributed by atoms with Crippen molar-refractivity contribution in [2.45, 2.75) is 19.4 Å². The number of carbonyl (C=O) groups excluding carboxylic acids is 1. The lowest BCUT2D eigenvalue weighted by Crippen LogP contribution is -2.31. The fraction of sp³-hybridized carbons (Fsp3) is 0.235. The lowest BCUT2D eigenvalue weighted by molar-refractivity contribution is -0.131. The summed E-state index contributed by atoms with van der Waals surface area (Å²) in [6, 6.07) is 13.7. The van der Waals surface area contributed by atoms with E-state index in [1.165, 1.54) is 6.07 Å². The molecule has 0 heterocycles. The zero-order chi connectivity index (χ0) is 15.4. The van der Waals surface area contributed by atoms with Crippen LogP contribution in [-0.2, 0) is 11.2 Å². The van der Waals surface area contributed by atoms with Crippen molar-refractivity contribution in [3.05, 3.63) is 65.5 Å². The molecular weight excluding hydrogens is 267 g/mol. The number of nitrogens with zero attached hydrogens (tertiary/aromatic N) is 1. The second-order valence-electron chi connectivity index (χ2n) is 5.12. The monoisotopic (exact) mass is 286 g/mol. The standard InChI is InChI=1S/C17H19FN2O/c1-12(13-7-5-8-15(19)10-13)20(2)17(21)11-14-6-3-4-9-16(14)18/h3-10,12H,11,19H2,1-2H3. The number of amides is 1. The number of carbonyl (C=O) groups is 1. The Kier molecular flexibility index (Phi) is 4.58. The molecule has 2 aromatic rings. The van der Waals surface area contributed by atoms with Crippen LogP contribution >= 0.6 is 0 Å². The van der Waals surface area contributed by atoms with E-state index in [1.54, 1.807) is 36.2 Å². The molecule has 21 heavy (non-hydrogen) atoms. The highest BCUT2D eigenvalue weighted by molar-refractivity contribution is 5.79. The van der Waals surface area contributed by atoms with Gasteiger partial charge >= 0.3 is 0 Å². The van der Waals surface area contributed by atoms with Gasteiger partial charge in [0.05, 0.1) is 12.5 Å². The molecule has 2 N–H and O–H groups in total. The number of anilines is 1. The number of benzene rings is 2. The lowest BCUT2D eigenvalue weighted by atomic mass is 10.1. The van der Waals surface area contributed by atoms with Gasteiger partial charge < -0.3 is 10.6 Å². The number of likely N-dealkylation sites (N-methyl/N-ethyl adjacent to an activating group) is 1. The van der Waals surface area contributed by atoms with Crippen molar-refractivity contribution < 1.29 is 9.18 Å². The Balaban J connectivity index is 2.10. The summed E-state index contributed by atoms with van der Waals surface area (Å²) in [6.45, 7) is 1.92. The van der Waals surface area contributed by atoms with Crippen LogP contribution in [0.5, 0.6) is 0 Å². The Bertz CT molecular complexity index is 642. The molecular formula is C17H19FN2O.